The van der Waals surface area contributed by atoms with E-state index in [2.05, 4.69) is 11.9 Å². The lowest BCUT2D eigenvalue weighted by Gasteiger charge is -2.10. The van der Waals surface area contributed by atoms with Crippen molar-refractivity contribution in [3.05, 3.63) is 126 Å². The fourth-order valence-electron chi connectivity index (χ4n) is 4.28. The van der Waals surface area contributed by atoms with Crippen LogP contribution in [0.25, 0.3) is 0 Å². The quantitative estimate of drug-likeness (QED) is 0.0500. The van der Waals surface area contributed by atoms with Crippen LogP contribution in [0.15, 0.2) is 110 Å². The summed E-state index contributed by atoms with van der Waals surface area (Å²) in [5.74, 6) is -0.890. The van der Waals surface area contributed by atoms with Gasteiger partial charge in [-0.15, -0.1) is 0 Å². The van der Waals surface area contributed by atoms with Crippen LogP contribution in [0.5, 0.6) is 23.0 Å². The molecule has 0 unspecified atom stereocenters. The van der Waals surface area contributed by atoms with E-state index in [9.17, 15) is 24.0 Å². The van der Waals surface area contributed by atoms with Gasteiger partial charge in [-0.3, -0.25) is 9.59 Å². The summed E-state index contributed by atoms with van der Waals surface area (Å²) in [6, 6.07) is 25.2. The highest BCUT2D eigenvalue weighted by Crippen LogP contribution is 2.22. The second-order valence-electron chi connectivity index (χ2n) is 11.4. The normalized spacial score (nSPS) is 10.4. The van der Waals surface area contributed by atoms with Crippen molar-refractivity contribution in [1.82, 2.24) is 0 Å². The molecule has 0 aromatic heterocycles. The minimum absolute atomic E-state index is 0.129. The van der Waals surface area contributed by atoms with Crippen LogP contribution >= 0.6 is 0 Å². The maximum atomic E-state index is 12.7. The number of hydrogen-bond donors (Lipinski definition) is 1. The molecule has 4 aromatic carbocycles. The van der Waals surface area contributed by atoms with E-state index in [0.29, 0.717) is 47.8 Å². The number of amides is 1. The molecule has 0 aliphatic carbocycles. The largest absolute Gasteiger partial charge is 0.494 e. The van der Waals surface area contributed by atoms with Crippen LogP contribution < -0.4 is 24.3 Å². The second kappa shape index (κ2) is 19.7. The molecule has 0 atom stereocenters. The van der Waals surface area contributed by atoms with Gasteiger partial charge in [0.2, 0.25) is 0 Å². The minimum Gasteiger partial charge on any atom is -0.494 e. The van der Waals surface area contributed by atoms with Crippen molar-refractivity contribution in [1.29, 1.82) is 0 Å². The Labute approximate surface area is 301 Å². The number of benzene rings is 4. The zero-order valence-electron chi connectivity index (χ0n) is 28.8. The van der Waals surface area contributed by atoms with E-state index < -0.39 is 17.9 Å². The Balaban J connectivity index is 1.18. The first-order valence-electron chi connectivity index (χ1n) is 16.5. The zero-order valence-corrected chi connectivity index (χ0v) is 28.8. The van der Waals surface area contributed by atoms with Crippen LogP contribution in [0.1, 0.15) is 57.8 Å². The molecule has 0 heterocycles. The third kappa shape index (κ3) is 12.5. The van der Waals surface area contributed by atoms with Crippen molar-refractivity contribution in [2.24, 2.45) is 5.92 Å². The zero-order chi connectivity index (χ0) is 37.3. The molecular formula is C40H39NO11. The molecule has 52 heavy (non-hydrogen) atoms. The number of hydrogen-bond acceptors (Lipinski definition) is 11. The SMILES string of the molecule is C=CC(=O)OCCCCOc1ccc(C(=O)Oc2ccc(OC(=O)c3ccc(NC(=O)c4ccc(OCCOC(=O)C(C)C)cc4)cc3)cc2)cc1. The number of nitrogens with one attached hydrogen (secondary N) is 1. The Morgan fingerprint density at radius 1 is 0.577 bits per heavy atom. The van der Waals surface area contributed by atoms with Crippen LogP contribution in [0.3, 0.4) is 0 Å². The topological polar surface area (TPSA) is 153 Å². The van der Waals surface area contributed by atoms with Gasteiger partial charge in [0.1, 0.15) is 36.2 Å². The summed E-state index contributed by atoms with van der Waals surface area (Å²) in [4.78, 5) is 60.6. The Bertz CT molecular complexity index is 1820. The second-order valence-corrected chi connectivity index (χ2v) is 11.4. The Hall–Kier alpha value is -6.43. The van der Waals surface area contributed by atoms with Gasteiger partial charge in [0.25, 0.3) is 5.91 Å². The van der Waals surface area contributed by atoms with Crippen LogP contribution in [0.2, 0.25) is 0 Å². The van der Waals surface area contributed by atoms with Gasteiger partial charge >= 0.3 is 23.9 Å². The van der Waals surface area contributed by atoms with E-state index in [4.69, 9.17) is 28.4 Å². The van der Waals surface area contributed by atoms with E-state index in [1.54, 1.807) is 74.5 Å². The van der Waals surface area contributed by atoms with Gasteiger partial charge in [-0.05, 0) is 110 Å². The lowest BCUT2D eigenvalue weighted by molar-refractivity contribution is -0.148. The molecule has 1 amide bonds. The molecule has 0 bridgehead atoms. The first kappa shape index (κ1) is 38.4. The molecule has 0 radical (unpaired) electrons. The summed E-state index contributed by atoms with van der Waals surface area (Å²) < 4.78 is 32.1. The van der Waals surface area contributed by atoms with E-state index in [1.165, 1.54) is 36.4 Å². The van der Waals surface area contributed by atoms with Crippen LogP contribution in [-0.2, 0) is 19.1 Å². The smallest absolute Gasteiger partial charge is 0.343 e. The highest BCUT2D eigenvalue weighted by Gasteiger charge is 2.13. The van der Waals surface area contributed by atoms with Gasteiger partial charge in [-0.25, -0.2) is 14.4 Å². The molecule has 1 N–H and O–H groups in total. The fraction of sp³-hybridized carbons (Fsp3) is 0.225. The monoisotopic (exact) mass is 709 g/mol. The van der Waals surface area contributed by atoms with E-state index in [0.717, 1.165) is 6.08 Å². The molecule has 0 fully saturated rings. The summed E-state index contributed by atoms with van der Waals surface area (Å²) in [7, 11) is 0. The third-order valence-electron chi connectivity index (χ3n) is 7.12. The molecule has 270 valence electrons. The molecular weight excluding hydrogens is 670 g/mol. The van der Waals surface area contributed by atoms with Crippen molar-refractivity contribution in [2.75, 3.05) is 31.7 Å². The summed E-state index contributed by atoms with van der Waals surface area (Å²) in [5.41, 5.74) is 1.45. The Morgan fingerprint density at radius 3 is 1.56 bits per heavy atom. The number of carbonyl (C=O) groups excluding carboxylic acids is 5. The highest BCUT2D eigenvalue weighted by atomic mass is 16.6. The highest BCUT2D eigenvalue weighted by molar-refractivity contribution is 6.04. The molecule has 0 spiro atoms. The van der Waals surface area contributed by atoms with Gasteiger partial charge in [-0.2, -0.15) is 0 Å². The summed E-state index contributed by atoms with van der Waals surface area (Å²) in [6.45, 7) is 7.88. The first-order chi connectivity index (χ1) is 25.1. The van der Waals surface area contributed by atoms with Gasteiger partial charge in [0.05, 0.1) is 30.3 Å². The van der Waals surface area contributed by atoms with E-state index in [-0.39, 0.29) is 54.7 Å². The average Bonchev–Trinajstić information content (AvgIpc) is 3.16. The predicted molar refractivity (Wildman–Crippen MR) is 191 cm³/mol. The fourth-order valence-corrected chi connectivity index (χ4v) is 4.28. The molecule has 0 saturated carbocycles. The molecule has 0 aliphatic rings. The number of rotatable bonds is 18. The van der Waals surface area contributed by atoms with Crippen molar-refractivity contribution >= 4 is 35.5 Å². The molecule has 4 aromatic rings. The first-order valence-corrected chi connectivity index (χ1v) is 16.5. The van der Waals surface area contributed by atoms with Crippen molar-refractivity contribution < 1.29 is 52.4 Å². The standard InChI is InChI=1S/C40H39NO11/c1-4-36(42)49-24-6-5-23-47-32-17-11-30(12-18-32)40(46)52-35-21-19-34(20-22-35)51-39(45)29-7-13-31(14-8-29)41-37(43)28-9-15-33(16-10-28)48-25-26-50-38(44)27(2)3/h4,7-22,27H,1,5-6,23-26H2,2-3H3,(H,41,43). The van der Waals surface area contributed by atoms with E-state index >= 15 is 0 Å². The Morgan fingerprint density at radius 2 is 1.04 bits per heavy atom. The van der Waals surface area contributed by atoms with Gasteiger partial charge in [-0.1, -0.05) is 20.4 Å². The number of unbranched alkanes of at least 4 members (excludes halogenated alkanes) is 1. The summed E-state index contributed by atoms with van der Waals surface area (Å²) in [6.07, 6.45) is 2.45. The predicted octanol–water partition coefficient (Wildman–Crippen LogP) is 6.84. The van der Waals surface area contributed by atoms with Crippen molar-refractivity contribution in [2.45, 2.75) is 26.7 Å². The molecule has 12 heteroatoms. The van der Waals surface area contributed by atoms with Gasteiger partial charge in [0, 0.05) is 17.3 Å². The molecule has 0 aliphatic heterocycles. The molecule has 12 nitrogen and oxygen atoms in total. The molecule has 0 saturated heterocycles. The van der Waals surface area contributed by atoms with Crippen molar-refractivity contribution in [3.8, 4) is 23.0 Å². The Kier molecular flexibility index (Phi) is 14.5. The minimum atomic E-state index is -0.615. The van der Waals surface area contributed by atoms with E-state index in [1.807, 2.05) is 0 Å². The van der Waals surface area contributed by atoms with Gasteiger partial charge < -0.3 is 33.7 Å². The van der Waals surface area contributed by atoms with Crippen LogP contribution in [0.4, 0.5) is 5.69 Å². The lowest BCUT2D eigenvalue weighted by atomic mass is 10.1. The third-order valence-corrected chi connectivity index (χ3v) is 7.12. The number of anilines is 1. The van der Waals surface area contributed by atoms with Crippen LogP contribution in [0, 0.1) is 5.92 Å². The summed E-state index contributed by atoms with van der Waals surface area (Å²) >= 11 is 0. The lowest BCUT2D eigenvalue weighted by Crippen LogP contribution is -2.16. The van der Waals surface area contributed by atoms with Crippen LogP contribution in [-0.4, -0.2) is 56.2 Å². The number of ether oxygens (including phenoxy) is 6. The maximum absolute atomic E-state index is 12.7. The number of esters is 4. The average molecular weight is 710 g/mol. The molecule has 4 rings (SSSR count). The van der Waals surface area contributed by atoms with Gasteiger partial charge in [0.15, 0.2) is 0 Å². The summed E-state index contributed by atoms with van der Waals surface area (Å²) in [5, 5.41) is 2.77. The van der Waals surface area contributed by atoms with Crippen molar-refractivity contribution in [3.63, 3.8) is 0 Å². The maximum Gasteiger partial charge on any atom is 0.343 e. The number of carbonyl (C=O) groups is 5.